The molecule has 1 aliphatic heterocycles. The van der Waals surface area contributed by atoms with Gasteiger partial charge in [-0.2, -0.15) is 15.4 Å². The van der Waals surface area contributed by atoms with Crippen molar-refractivity contribution in [2.24, 2.45) is 0 Å². The van der Waals surface area contributed by atoms with Crippen LogP contribution in [0, 0.1) is 0 Å². The lowest BCUT2D eigenvalue weighted by Crippen LogP contribution is -2.33. The van der Waals surface area contributed by atoms with Gasteiger partial charge in [-0.1, -0.05) is 55.3 Å². The zero-order valence-electron chi connectivity index (χ0n) is 21.6. The van der Waals surface area contributed by atoms with Gasteiger partial charge < -0.3 is 24.2 Å². The van der Waals surface area contributed by atoms with E-state index >= 15 is 0 Å². The fourth-order valence-corrected chi connectivity index (χ4v) is 4.91. The van der Waals surface area contributed by atoms with Crippen LogP contribution in [0.15, 0.2) is 48.5 Å². The number of rotatable bonds is 12. The maximum Gasteiger partial charge on any atom is 0.247 e. The number of fused-ring (bicyclic) bond motifs is 5. The highest BCUT2D eigenvalue weighted by molar-refractivity contribution is 7.58. The number of benzene rings is 2. The summed E-state index contributed by atoms with van der Waals surface area (Å²) in [5, 5.41) is 14.4. The molecule has 0 radical (unpaired) electrons. The number of aromatic nitrogens is 3. The highest BCUT2D eigenvalue weighted by Crippen LogP contribution is 2.41. The van der Waals surface area contributed by atoms with E-state index in [1.165, 1.54) is 7.11 Å². The third-order valence-corrected chi connectivity index (χ3v) is 7.59. The monoisotopic (exact) mass is 539 g/mol. The Bertz CT molecular complexity index is 1310. The zero-order valence-corrected chi connectivity index (χ0v) is 22.5. The highest BCUT2D eigenvalue weighted by Gasteiger charge is 2.27. The van der Waals surface area contributed by atoms with E-state index in [-0.39, 0.29) is 24.7 Å². The number of carbonyl (C=O) groups excluding carboxylic acids is 2. The molecule has 10 nitrogen and oxygen atoms in total. The fraction of sp³-hybridized carbons (Fsp3) is 0.370. The number of nitrogens with one attached hydrogen (secondary N) is 2. The first-order valence-corrected chi connectivity index (χ1v) is 14.5. The lowest BCUT2D eigenvalue weighted by molar-refractivity contribution is -0.125. The van der Waals surface area contributed by atoms with E-state index in [1.807, 2.05) is 48.5 Å². The van der Waals surface area contributed by atoms with Crippen LogP contribution in [-0.4, -0.2) is 58.7 Å². The summed E-state index contributed by atoms with van der Waals surface area (Å²) < 4.78 is 10.0. The van der Waals surface area contributed by atoms with Crippen molar-refractivity contribution in [3.8, 4) is 22.5 Å². The van der Waals surface area contributed by atoms with Gasteiger partial charge in [0.25, 0.3) is 0 Å². The minimum Gasteiger partial charge on any atom is -0.356 e. The van der Waals surface area contributed by atoms with Crippen LogP contribution in [-0.2, 0) is 25.2 Å². The lowest BCUT2D eigenvalue weighted by atomic mass is 9.95. The summed E-state index contributed by atoms with van der Waals surface area (Å²) in [5.41, 5.74) is 4.90. The second-order valence-corrected chi connectivity index (χ2v) is 11.0. The minimum absolute atomic E-state index is 0.0991. The SMILES string of the molecule is C=P(O)(OC)OCCCCCCNC(=O)CCC(=O)N1Cc2ccccc2-c2n[nH]nc2-c2ccccc21. The number of hydrogen-bond acceptors (Lipinski definition) is 7. The van der Waals surface area contributed by atoms with Crippen molar-refractivity contribution in [1.82, 2.24) is 20.7 Å². The van der Waals surface area contributed by atoms with Gasteiger partial charge in [-0.05, 0) is 30.8 Å². The van der Waals surface area contributed by atoms with Gasteiger partial charge in [0, 0.05) is 37.6 Å². The van der Waals surface area contributed by atoms with Crippen molar-refractivity contribution in [2.45, 2.75) is 45.1 Å². The van der Waals surface area contributed by atoms with Gasteiger partial charge in [0.05, 0.1) is 18.8 Å². The minimum atomic E-state index is -2.92. The molecule has 0 saturated heterocycles. The molecule has 4 rings (SSSR count). The molecule has 11 heteroatoms. The summed E-state index contributed by atoms with van der Waals surface area (Å²) in [6, 6.07) is 15.5. The average Bonchev–Trinajstić information content (AvgIpc) is 3.40. The van der Waals surface area contributed by atoms with Gasteiger partial charge in [0.2, 0.25) is 19.4 Å². The Balaban J connectivity index is 1.30. The van der Waals surface area contributed by atoms with Crippen molar-refractivity contribution in [2.75, 3.05) is 25.2 Å². The molecule has 38 heavy (non-hydrogen) atoms. The summed E-state index contributed by atoms with van der Waals surface area (Å²) in [7, 11) is -1.55. The van der Waals surface area contributed by atoms with E-state index in [4.69, 9.17) is 9.05 Å². The highest BCUT2D eigenvalue weighted by atomic mass is 31.2. The van der Waals surface area contributed by atoms with E-state index in [1.54, 1.807) is 4.90 Å². The van der Waals surface area contributed by atoms with Crippen LogP contribution in [0.3, 0.4) is 0 Å². The number of unbranched alkanes of at least 4 members (excludes halogenated alkanes) is 3. The molecule has 0 saturated carbocycles. The van der Waals surface area contributed by atoms with Gasteiger partial charge in [-0.15, -0.1) is 0 Å². The molecule has 1 aromatic heterocycles. The average molecular weight is 540 g/mol. The third kappa shape index (κ3) is 6.96. The number of amides is 2. The number of anilines is 1. The molecular weight excluding hydrogens is 505 g/mol. The topological polar surface area (TPSA) is 130 Å². The summed E-state index contributed by atoms with van der Waals surface area (Å²) in [5.74, 6) is -0.271. The Morgan fingerprint density at radius 1 is 1.03 bits per heavy atom. The Kier molecular flexibility index (Phi) is 9.47. The van der Waals surface area contributed by atoms with Crippen molar-refractivity contribution >= 4 is 31.4 Å². The first kappa shape index (κ1) is 27.7. The van der Waals surface area contributed by atoms with Crippen LogP contribution >= 0.6 is 7.57 Å². The van der Waals surface area contributed by atoms with E-state index in [9.17, 15) is 14.5 Å². The Labute approximate surface area is 222 Å². The fourth-order valence-electron chi connectivity index (χ4n) is 4.40. The van der Waals surface area contributed by atoms with E-state index in [0.717, 1.165) is 53.8 Å². The number of hydrogen-bond donors (Lipinski definition) is 3. The molecule has 0 bridgehead atoms. The first-order chi connectivity index (χ1) is 18.4. The predicted octanol–water partition coefficient (Wildman–Crippen LogP) is 4.29. The van der Waals surface area contributed by atoms with Gasteiger partial charge in [0.15, 0.2) is 0 Å². The van der Waals surface area contributed by atoms with E-state index in [2.05, 4.69) is 27.0 Å². The second-order valence-electron chi connectivity index (χ2n) is 9.09. The second kappa shape index (κ2) is 13.0. The summed E-state index contributed by atoms with van der Waals surface area (Å²) >= 11 is 0. The van der Waals surface area contributed by atoms with Crippen LogP contribution in [0.5, 0.6) is 0 Å². The van der Waals surface area contributed by atoms with Gasteiger partial charge in [0.1, 0.15) is 11.4 Å². The zero-order chi connectivity index (χ0) is 27.0. The van der Waals surface area contributed by atoms with E-state index in [0.29, 0.717) is 25.4 Å². The standard InChI is InChI=1S/C27H34N5O5P/c1-36-38(2,35)37-18-10-4-3-9-17-28-24(33)15-16-25(34)32-19-20-11-5-6-12-21(20)26-27(30-31-29-26)22-13-7-8-14-23(22)32/h5-8,11-14,35H,2-4,9-10,15-19H2,1H3,(H,28,33)(H,29,30,31). The lowest BCUT2D eigenvalue weighted by Gasteiger charge is -2.28. The third-order valence-electron chi connectivity index (χ3n) is 6.44. The number of nitrogens with zero attached hydrogens (tertiary/aromatic N) is 3. The maximum absolute atomic E-state index is 13.4. The molecule has 0 fully saturated rings. The predicted molar refractivity (Wildman–Crippen MR) is 148 cm³/mol. The number of aromatic amines is 1. The van der Waals surface area contributed by atoms with Gasteiger partial charge in [-0.25, -0.2) is 0 Å². The molecular formula is C27H34N5O5P. The first-order valence-electron chi connectivity index (χ1n) is 12.7. The summed E-state index contributed by atoms with van der Waals surface area (Å²) in [6.45, 7) is 1.31. The molecule has 202 valence electrons. The molecule has 1 aliphatic rings. The Morgan fingerprint density at radius 2 is 1.71 bits per heavy atom. The maximum atomic E-state index is 13.4. The molecule has 2 heterocycles. The molecule has 0 spiro atoms. The number of carbonyl (C=O) groups is 2. The quantitative estimate of drug-likeness (QED) is 0.231. The van der Waals surface area contributed by atoms with Crippen LogP contribution in [0.4, 0.5) is 5.69 Å². The Morgan fingerprint density at radius 3 is 2.50 bits per heavy atom. The number of para-hydroxylation sites is 1. The molecule has 0 aliphatic carbocycles. The van der Waals surface area contributed by atoms with Crippen LogP contribution < -0.4 is 10.2 Å². The largest absolute Gasteiger partial charge is 0.356 e. The molecule has 1 atom stereocenters. The smallest absolute Gasteiger partial charge is 0.247 e. The summed E-state index contributed by atoms with van der Waals surface area (Å²) in [4.78, 5) is 37.2. The van der Waals surface area contributed by atoms with Crippen molar-refractivity contribution in [3.05, 3.63) is 54.1 Å². The van der Waals surface area contributed by atoms with Crippen LogP contribution in [0.25, 0.3) is 22.5 Å². The normalized spacial score (nSPS) is 13.9. The van der Waals surface area contributed by atoms with Crippen molar-refractivity contribution < 1.29 is 23.5 Å². The molecule has 2 aromatic carbocycles. The summed E-state index contributed by atoms with van der Waals surface area (Å²) in [6.07, 6.45) is 7.13. The van der Waals surface area contributed by atoms with Crippen LogP contribution in [0.2, 0.25) is 0 Å². The molecule has 1 unspecified atom stereocenters. The van der Waals surface area contributed by atoms with Crippen molar-refractivity contribution in [1.29, 1.82) is 0 Å². The van der Waals surface area contributed by atoms with Crippen molar-refractivity contribution in [3.63, 3.8) is 0 Å². The molecule has 2 amide bonds. The van der Waals surface area contributed by atoms with E-state index < -0.39 is 7.57 Å². The Hall–Kier alpha value is -3.30. The molecule has 3 N–H and O–H groups in total. The van der Waals surface area contributed by atoms with Crippen LogP contribution in [0.1, 0.15) is 44.1 Å². The number of H-pyrrole nitrogens is 1. The van der Waals surface area contributed by atoms with Gasteiger partial charge in [-0.3, -0.25) is 9.59 Å². The molecule has 3 aromatic rings. The van der Waals surface area contributed by atoms with Gasteiger partial charge >= 0.3 is 0 Å².